The number of furan rings is 2. The number of aliphatic hydroxyl groups is 1. The molecule has 50 heavy (non-hydrogen) atoms. The molecule has 0 bridgehead atoms. The predicted octanol–water partition coefficient (Wildman–Crippen LogP) is 6.43. The summed E-state index contributed by atoms with van der Waals surface area (Å²) < 4.78 is 15.6. The number of hydrogen-bond donors (Lipinski definition) is 4. The molecule has 3 aromatic heterocycles. The molecule has 0 saturated heterocycles. The molecule has 262 valence electrons. The maximum atomic E-state index is 13.9. The highest BCUT2D eigenvalue weighted by Crippen LogP contribution is 2.33. The first kappa shape index (κ1) is 35.7. The van der Waals surface area contributed by atoms with Crippen LogP contribution in [0, 0.1) is 5.41 Å². The number of carbonyl (C=O) groups is 3. The fraction of sp³-hybridized carbons (Fsp3) is 0.316. The van der Waals surface area contributed by atoms with E-state index < -0.39 is 47.7 Å². The molecule has 12 heteroatoms. The van der Waals surface area contributed by atoms with Gasteiger partial charge in [0.05, 0.1) is 42.3 Å². The Morgan fingerprint density at radius 3 is 2.24 bits per heavy atom. The number of hydrogen-bond acceptors (Lipinski definition) is 8. The Labute approximate surface area is 290 Å². The summed E-state index contributed by atoms with van der Waals surface area (Å²) in [5, 5.41) is 28.6. The molecule has 0 aliphatic carbocycles. The summed E-state index contributed by atoms with van der Waals surface area (Å²) in [6, 6.07) is 21.6. The summed E-state index contributed by atoms with van der Waals surface area (Å²) >= 11 is 0. The first-order valence-corrected chi connectivity index (χ1v) is 16.3. The molecule has 5 aromatic rings. The van der Waals surface area contributed by atoms with E-state index in [0.717, 1.165) is 22.4 Å². The molecule has 2 aromatic carbocycles. The van der Waals surface area contributed by atoms with Crippen molar-refractivity contribution in [2.75, 3.05) is 12.0 Å². The fourth-order valence-corrected chi connectivity index (χ4v) is 6.00. The van der Waals surface area contributed by atoms with Crippen molar-refractivity contribution < 1.29 is 38.2 Å². The standard InChI is InChI=1S/C38H42N4O8/c1-38(2,3)33(41-36(45)48-4)34(44)40-30(21-25-13-15-26(16-14-25)29-12-8-9-18-39-29)32(43)22-27(20-24-10-6-5-7-11-24)42(37(46)47)31-23-50-35-28(31)17-19-49-35/h5-19,23,27,30,32-33,43H,20-22H2,1-4H3,(H,40,44)(H,41,45)(H,46,47)/t27-,30-,32-,33+/m0/s1. The quantitative estimate of drug-likeness (QED) is 0.109. The number of fused-ring (bicyclic) bond motifs is 1. The van der Waals surface area contributed by atoms with E-state index >= 15 is 0 Å². The first-order chi connectivity index (χ1) is 23.9. The lowest BCUT2D eigenvalue weighted by atomic mass is 9.85. The van der Waals surface area contributed by atoms with Gasteiger partial charge in [0.15, 0.2) is 0 Å². The molecule has 3 amide bonds. The number of nitrogens with one attached hydrogen (secondary N) is 2. The summed E-state index contributed by atoms with van der Waals surface area (Å²) in [5.74, 6) is -0.349. The van der Waals surface area contributed by atoms with Crippen molar-refractivity contribution in [3.05, 3.63) is 109 Å². The number of pyridine rings is 1. The minimum atomic E-state index is -1.25. The number of ether oxygens (including phenoxy) is 1. The van der Waals surface area contributed by atoms with Crippen molar-refractivity contribution in [3.8, 4) is 11.3 Å². The van der Waals surface area contributed by atoms with Crippen molar-refractivity contribution >= 4 is 34.9 Å². The summed E-state index contributed by atoms with van der Waals surface area (Å²) in [6.45, 7) is 5.41. The number of rotatable bonds is 13. The summed E-state index contributed by atoms with van der Waals surface area (Å²) in [4.78, 5) is 44.6. The van der Waals surface area contributed by atoms with E-state index in [4.69, 9.17) is 13.6 Å². The van der Waals surface area contributed by atoms with E-state index in [1.165, 1.54) is 24.5 Å². The lowest BCUT2D eigenvalue weighted by Crippen LogP contribution is -2.58. The Kier molecular flexibility index (Phi) is 11.2. The normalized spacial score (nSPS) is 13.9. The number of methoxy groups -OCH3 is 1. The van der Waals surface area contributed by atoms with E-state index in [-0.39, 0.29) is 30.7 Å². The summed E-state index contributed by atoms with van der Waals surface area (Å²) in [7, 11) is 1.21. The molecule has 0 saturated carbocycles. The molecular formula is C38H42N4O8. The zero-order chi connectivity index (χ0) is 35.8. The van der Waals surface area contributed by atoms with Gasteiger partial charge >= 0.3 is 12.2 Å². The number of anilines is 1. The fourth-order valence-electron chi connectivity index (χ4n) is 6.00. The number of carbonyl (C=O) groups excluding carboxylic acids is 2. The van der Waals surface area contributed by atoms with Crippen molar-refractivity contribution in [1.82, 2.24) is 15.6 Å². The van der Waals surface area contributed by atoms with Gasteiger partial charge < -0.3 is 34.4 Å². The van der Waals surface area contributed by atoms with Gasteiger partial charge in [0.1, 0.15) is 12.3 Å². The van der Waals surface area contributed by atoms with E-state index in [1.807, 2.05) is 72.8 Å². The van der Waals surface area contributed by atoms with Crippen LogP contribution < -0.4 is 15.5 Å². The topological polar surface area (TPSA) is 167 Å². The van der Waals surface area contributed by atoms with Gasteiger partial charge in [-0.3, -0.25) is 14.7 Å². The summed E-state index contributed by atoms with van der Waals surface area (Å²) in [5.41, 5.74) is 2.92. The zero-order valence-corrected chi connectivity index (χ0v) is 28.4. The molecule has 0 aliphatic heterocycles. The average molecular weight is 683 g/mol. The van der Waals surface area contributed by atoms with Gasteiger partial charge in [-0.15, -0.1) is 0 Å². The molecule has 0 radical (unpaired) electrons. The van der Waals surface area contributed by atoms with Crippen LogP contribution in [0.5, 0.6) is 0 Å². The van der Waals surface area contributed by atoms with Gasteiger partial charge in [0.2, 0.25) is 5.91 Å². The van der Waals surface area contributed by atoms with Crippen LogP contribution in [-0.2, 0) is 22.4 Å². The molecule has 0 fully saturated rings. The van der Waals surface area contributed by atoms with E-state index in [0.29, 0.717) is 5.39 Å². The van der Waals surface area contributed by atoms with Gasteiger partial charge in [-0.2, -0.15) is 0 Å². The minimum Gasteiger partial charge on any atom is -0.465 e. The number of alkyl carbamates (subject to hydrolysis) is 1. The lowest BCUT2D eigenvalue weighted by Gasteiger charge is -2.35. The van der Waals surface area contributed by atoms with Crippen LogP contribution >= 0.6 is 0 Å². The Morgan fingerprint density at radius 2 is 1.60 bits per heavy atom. The van der Waals surface area contributed by atoms with Crippen LogP contribution in [0.25, 0.3) is 22.4 Å². The second-order valence-electron chi connectivity index (χ2n) is 13.2. The molecule has 12 nitrogen and oxygen atoms in total. The Bertz CT molecular complexity index is 1870. The molecule has 3 heterocycles. The van der Waals surface area contributed by atoms with Crippen LogP contribution in [0.15, 0.2) is 106 Å². The average Bonchev–Trinajstić information content (AvgIpc) is 3.72. The highest BCUT2D eigenvalue weighted by molar-refractivity contribution is 5.98. The van der Waals surface area contributed by atoms with Gasteiger partial charge in [-0.25, -0.2) is 9.59 Å². The number of benzene rings is 2. The smallest absolute Gasteiger partial charge is 0.412 e. The molecule has 0 unspecified atom stereocenters. The van der Waals surface area contributed by atoms with E-state index in [1.54, 1.807) is 33.0 Å². The molecule has 0 spiro atoms. The molecule has 4 atom stereocenters. The first-order valence-electron chi connectivity index (χ1n) is 16.3. The number of carboxylic acid groups (broad SMARTS) is 1. The SMILES string of the molecule is COC(=O)N[C@H](C(=O)N[C@@H](Cc1ccc(-c2ccccn2)cc1)[C@@H](O)C[C@H](Cc1ccccc1)N(C(=O)O)c1coc2occc12)C(C)(C)C. The highest BCUT2D eigenvalue weighted by atomic mass is 16.5. The number of nitrogens with zero attached hydrogens (tertiary/aromatic N) is 2. The Balaban J connectivity index is 1.49. The largest absolute Gasteiger partial charge is 0.465 e. The summed E-state index contributed by atoms with van der Waals surface area (Å²) in [6.07, 6.45) is 1.58. The number of aromatic nitrogens is 1. The highest BCUT2D eigenvalue weighted by Gasteiger charge is 2.37. The maximum Gasteiger partial charge on any atom is 0.412 e. The maximum absolute atomic E-state index is 13.9. The third kappa shape index (κ3) is 8.69. The third-order valence-electron chi connectivity index (χ3n) is 8.58. The number of aliphatic hydroxyl groups excluding tert-OH is 1. The Hall–Kier alpha value is -5.62. The van der Waals surface area contributed by atoms with Gasteiger partial charge in [0, 0.05) is 17.8 Å². The second-order valence-corrected chi connectivity index (χ2v) is 13.2. The van der Waals surface area contributed by atoms with Crippen molar-refractivity contribution in [1.29, 1.82) is 0 Å². The third-order valence-corrected chi connectivity index (χ3v) is 8.58. The Morgan fingerprint density at radius 1 is 0.900 bits per heavy atom. The van der Waals surface area contributed by atoms with Crippen molar-refractivity contribution in [2.24, 2.45) is 5.41 Å². The van der Waals surface area contributed by atoms with E-state index in [9.17, 15) is 24.6 Å². The molecule has 4 N–H and O–H groups in total. The van der Waals surface area contributed by atoms with Crippen LogP contribution in [0.3, 0.4) is 0 Å². The number of amides is 3. The molecule has 5 rings (SSSR count). The van der Waals surface area contributed by atoms with Crippen molar-refractivity contribution in [2.45, 2.75) is 64.3 Å². The molecular weight excluding hydrogens is 640 g/mol. The lowest BCUT2D eigenvalue weighted by molar-refractivity contribution is -0.127. The zero-order valence-electron chi connectivity index (χ0n) is 28.4. The van der Waals surface area contributed by atoms with Crippen molar-refractivity contribution in [3.63, 3.8) is 0 Å². The van der Waals surface area contributed by atoms with E-state index in [2.05, 4.69) is 15.6 Å². The van der Waals surface area contributed by atoms with Crippen LogP contribution in [-0.4, -0.2) is 64.6 Å². The van der Waals surface area contributed by atoms with Gasteiger partial charge in [0.25, 0.3) is 5.78 Å². The minimum absolute atomic E-state index is 0.0622. The predicted molar refractivity (Wildman–Crippen MR) is 188 cm³/mol. The van der Waals surface area contributed by atoms with Crippen LogP contribution in [0.4, 0.5) is 15.3 Å². The van der Waals surface area contributed by atoms with Gasteiger partial charge in [-0.05, 0) is 54.0 Å². The van der Waals surface area contributed by atoms with Crippen LogP contribution in [0.1, 0.15) is 38.3 Å². The molecule has 0 aliphatic rings. The second kappa shape index (κ2) is 15.7. The monoisotopic (exact) mass is 682 g/mol. The van der Waals surface area contributed by atoms with Crippen LogP contribution in [0.2, 0.25) is 0 Å². The van der Waals surface area contributed by atoms with Gasteiger partial charge in [-0.1, -0.05) is 81.4 Å².